The number of hydrogen-bond acceptors (Lipinski definition) is 1. The third-order valence-electron chi connectivity index (χ3n) is 2.50. The predicted octanol–water partition coefficient (Wildman–Crippen LogP) is 0.216. The van der Waals surface area contributed by atoms with E-state index in [0.29, 0.717) is 6.04 Å². The third kappa shape index (κ3) is 1.10. The van der Waals surface area contributed by atoms with E-state index in [0.717, 1.165) is 17.6 Å². The molecule has 9 heavy (non-hydrogen) atoms. The van der Waals surface area contributed by atoms with Crippen LogP contribution in [0.1, 0.15) is 13.8 Å². The molecule has 2 heteroatoms. The first-order valence-corrected chi connectivity index (χ1v) is 3.57. The van der Waals surface area contributed by atoms with E-state index in [1.807, 2.05) is 0 Å². The lowest BCUT2D eigenvalue weighted by Gasteiger charge is -2.48. The van der Waals surface area contributed by atoms with Crippen LogP contribution in [0.15, 0.2) is 0 Å². The summed E-state index contributed by atoms with van der Waals surface area (Å²) in [7, 11) is 2.19. The fourth-order valence-corrected chi connectivity index (χ4v) is 1.33. The molecule has 1 aliphatic rings. The van der Waals surface area contributed by atoms with Gasteiger partial charge in [0.05, 0.1) is 13.1 Å². The van der Waals surface area contributed by atoms with Gasteiger partial charge in [0.25, 0.3) is 0 Å². The molecule has 1 saturated heterocycles. The minimum absolute atomic E-state index is 0.0302. The summed E-state index contributed by atoms with van der Waals surface area (Å²) in [6.45, 7) is 6.28. The Hall–Kier alpha value is -0.0800. The Labute approximate surface area is 56.7 Å². The number of aliphatic hydroxyl groups excluding tert-OH is 1. The molecule has 2 nitrogen and oxygen atoms in total. The van der Waals surface area contributed by atoms with Crippen LogP contribution in [0, 0.1) is 0 Å². The summed E-state index contributed by atoms with van der Waals surface area (Å²) in [6.07, 6.45) is -0.0302. The van der Waals surface area contributed by atoms with Crippen LogP contribution in [0.25, 0.3) is 0 Å². The minimum Gasteiger partial charge on any atom is -0.382 e. The lowest BCUT2D eigenvalue weighted by molar-refractivity contribution is -0.973. The van der Waals surface area contributed by atoms with Gasteiger partial charge >= 0.3 is 0 Å². The molecule has 0 atom stereocenters. The summed E-state index contributed by atoms with van der Waals surface area (Å²) in [6, 6.07) is 0.661. The highest BCUT2D eigenvalue weighted by Gasteiger charge is 2.41. The first-order chi connectivity index (χ1) is 4.04. The zero-order valence-corrected chi connectivity index (χ0v) is 6.46. The average molecular weight is 130 g/mol. The summed E-state index contributed by atoms with van der Waals surface area (Å²) in [5, 5.41) is 9.02. The Morgan fingerprint density at radius 2 is 1.89 bits per heavy atom. The molecule has 0 unspecified atom stereocenters. The van der Waals surface area contributed by atoms with Crippen LogP contribution in [0.5, 0.6) is 0 Å². The van der Waals surface area contributed by atoms with E-state index in [4.69, 9.17) is 5.11 Å². The van der Waals surface area contributed by atoms with Crippen LogP contribution in [0.3, 0.4) is 0 Å². The molecule has 0 amide bonds. The molecule has 0 bridgehead atoms. The Morgan fingerprint density at radius 3 is 2.00 bits per heavy atom. The summed E-state index contributed by atoms with van der Waals surface area (Å²) >= 11 is 0. The van der Waals surface area contributed by atoms with Gasteiger partial charge in [0.15, 0.2) is 6.10 Å². The topological polar surface area (TPSA) is 20.2 Å². The van der Waals surface area contributed by atoms with Crippen molar-refractivity contribution in [2.75, 3.05) is 20.1 Å². The van der Waals surface area contributed by atoms with Crippen molar-refractivity contribution in [3.63, 3.8) is 0 Å². The SMILES string of the molecule is CC(C)[N+]1(C)CC(O)C1. The number of nitrogens with zero attached hydrogens (tertiary/aromatic N) is 1. The Balaban J connectivity index is 2.40. The van der Waals surface area contributed by atoms with Gasteiger partial charge in [0.2, 0.25) is 0 Å². The van der Waals surface area contributed by atoms with Crippen molar-refractivity contribution in [2.45, 2.75) is 26.0 Å². The maximum Gasteiger partial charge on any atom is 0.152 e. The maximum atomic E-state index is 9.02. The number of likely N-dealkylation sites (N-methyl/N-ethyl adjacent to an activating group) is 1. The molecule has 0 radical (unpaired) electrons. The van der Waals surface area contributed by atoms with Crippen molar-refractivity contribution >= 4 is 0 Å². The largest absolute Gasteiger partial charge is 0.382 e. The van der Waals surface area contributed by atoms with E-state index in [1.165, 1.54) is 0 Å². The van der Waals surface area contributed by atoms with Gasteiger partial charge in [-0.25, -0.2) is 0 Å². The van der Waals surface area contributed by atoms with Crippen molar-refractivity contribution in [2.24, 2.45) is 0 Å². The Bertz CT molecular complexity index is 105. The average Bonchev–Trinajstić information content (AvgIpc) is 1.62. The zero-order valence-electron chi connectivity index (χ0n) is 6.46. The lowest BCUT2D eigenvalue weighted by Crippen LogP contribution is -2.66. The van der Waals surface area contributed by atoms with Gasteiger partial charge in [0.1, 0.15) is 13.1 Å². The molecule has 0 saturated carbocycles. The van der Waals surface area contributed by atoms with Crippen molar-refractivity contribution in [3.8, 4) is 0 Å². The van der Waals surface area contributed by atoms with E-state index < -0.39 is 0 Å². The van der Waals surface area contributed by atoms with Crippen molar-refractivity contribution in [1.29, 1.82) is 0 Å². The van der Waals surface area contributed by atoms with Crippen molar-refractivity contribution in [1.82, 2.24) is 0 Å². The number of rotatable bonds is 1. The van der Waals surface area contributed by atoms with E-state index in [2.05, 4.69) is 20.9 Å². The summed E-state index contributed by atoms with van der Waals surface area (Å²) in [4.78, 5) is 0. The molecule has 0 spiro atoms. The first kappa shape index (κ1) is 7.03. The van der Waals surface area contributed by atoms with Gasteiger partial charge in [-0.2, -0.15) is 0 Å². The van der Waals surface area contributed by atoms with E-state index in [9.17, 15) is 0 Å². The minimum atomic E-state index is -0.0302. The molecule has 0 aliphatic carbocycles. The molecule has 54 valence electrons. The second kappa shape index (κ2) is 1.96. The quantitative estimate of drug-likeness (QED) is 0.503. The first-order valence-electron chi connectivity index (χ1n) is 3.57. The Morgan fingerprint density at radius 1 is 1.44 bits per heavy atom. The summed E-state index contributed by atoms with van der Waals surface area (Å²) in [5.41, 5.74) is 0. The van der Waals surface area contributed by atoms with Crippen molar-refractivity contribution in [3.05, 3.63) is 0 Å². The third-order valence-corrected chi connectivity index (χ3v) is 2.50. The standard InChI is InChI=1S/C7H16NO/c1-6(2)8(3)4-7(9)5-8/h6-7,9H,4-5H2,1-3H3/q+1. The van der Waals surface area contributed by atoms with Crippen molar-refractivity contribution < 1.29 is 9.59 Å². The summed E-state index contributed by atoms with van der Waals surface area (Å²) < 4.78 is 1.04. The van der Waals surface area contributed by atoms with Crippen LogP contribution < -0.4 is 0 Å². The van der Waals surface area contributed by atoms with Crippen LogP contribution in [-0.4, -0.2) is 41.9 Å². The second-order valence-corrected chi connectivity index (χ2v) is 3.59. The Kier molecular flexibility index (Phi) is 1.53. The molecular formula is C7H16NO+. The molecule has 0 aromatic heterocycles. The highest BCUT2D eigenvalue weighted by atomic mass is 16.3. The smallest absolute Gasteiger partial charge is 0.152 e. The number of quaternary nitrogens is 1. The molecule has 1 rings (SSSR count). The zero-order chi connectivity index (χ0) is 7.07. The predicted molar refractivity (Wildman–Crippen MR) is 37.1 cm³/mol. The highest BCUT2D eigenvalue weighted by molar-refractivity contribution is 4.66. The van der Waals surface area contributed by atoms with Gasteiger partial charge < -0.3 is 9.59 Å². The molecule has 1 fully saturated rings. The molecule has 0 aromatic carbocycles. The molecule has 1 N–H and O–H groups in total. The molecule has 0 aromatic rings. The number of likely N-dealkylation sites (tertiary alicyclic amines) is 1. The van der Waals surface area contributed by atoms with Crippen LogP contribution in [0.4, 0.5) is 0 Å². The molecular weight excluding hydrogens is 114 g/mol. The summed E-state index contributed by atoms with van der Waals surface area (Å²) in [5.74, 6) is 0. The van der Waals surface area contributed by atoms with E-state index >= 15 is 0 Å². The van der Waals surface area contributed by atoms with Crippen LogP contribution in [-0.2, 0) is 0 Å². The van der Waals surface area contributed by atoms with Gasteiger partial charge in [-0.1, -0.05) is 0 Å². The van der Waals surface area contributed by atoms with Crippen LogP contribution >= 0.6 is 0 Å². The fourth-order valence-electron chi connectivity index (χ4n) is 1.33. The number of aliphatic hydroxyl groups is 1. The van der Waals surface area contributed by atoms with Gasteiger partial charge in [-0.15, -0.1) is 0 Å². The molecule has 1 aliphatic heterocycles. The van der Waals surface area contributed by atoms with Crippen LogP contribution in [0.2, 0.25) is 0 Å². The highest BCUT2D eigenvalue weighted by Crippen LogP contribution is 2.20. The lowest BCUT2D eigenvalue weighted by atomic mass is 10.1. The molecule has 1 heterocycles. The normalized spacial score (nSPS) is 43.0. The number of hydrogen-bond donors (Lipinski definition) is 1. The monoisotopic (exact) mass is 130 g/mol. The van der Waals surface area contributed by atoms with E-state index in [1.54, 1.807) is 0 Å². The van der Waals surface area contributed by atoms with Gasteiger partial charge in [-0.3, -0.25) is 0 Å². The van der Waals surface area contributed by atoms with Gasteiger partial charge in [0, 0.05) is 0 Å². The fraction of sp³-hybridized carbons (Fsp3) is 1.00. The second-order valence-electron chi connectivity index (χ2n) is 3.59. The maximum absolute atomic E-state index is 9.02. The van der Waals surface area contributed by atoms with E-state index in [-0.39, 0.29) is 6.10 Å². The van der Waals surface area contributed by atoms with Gasteiger partial charge in [-0.05, 0) is 13.8 Å².